The average molecular weight is 260 g/mol. The summed E-state index contributed by atoms with van der Waals surface area (Å²) >= 11 is 0. The van der Waals surface area contributed by atoms with Crippen molar-refractivity contribution in [2.45, 2.75) is 58.9 Å². The number of nitrogens with zero attached hydrogens (tertiary/aromatic N) is 4. The Bertz CT molecular complexity index is 692. The van der Waals surface area contributed by atoms with Gasteiger partial charge in [0.15, 0.2) is 5.65 Å². The molecule has 0 N–H and O–H groups in total. The van der Waals surface area contributed by atoms with Gasteiger partial charge in [-0.2, -0.15) is 0 Å². The third kappa shape index (κ3) is 1.79. The van der Waals surface area contributed by atoms with E-state index >= 15 is 0 Å². The molecule has 19 heavy (non-hydrogen) atoms. The second kappa shape index (κ2) is 4.18. The van der Waals surface area contributed by atoms with Crippen molar-refractivity contribution in [3.05, 3.63) is 27.6 Å². The summed E-state index contributed by atoms with van der Waals surface area (Å²) in [6, 6.07) is 0.303. The van der Waals surface area contributed by atoms with Gasteiger partial charge in [0.05, 0.1) is 6.04 Å². The summed E-state index contributed by atoms with van der Waals surface area (Å²) in [7, 11) is 0. The fourth-order valence-electron chi connectivity index (χ4n) is 2.52. The van der Waals surface area contributed by atoms with Crippen LogP contribution in [0.1, 0.15) is 62.7 Å². The first-order valence-electron chi connectivity index (χ1n) is 7.05. The lowest BCUT2D eigenvalue weighted by Crippen LogP contribution is -2.23. The lowest BCUT2D eigenvalue weighted by Gasteiger charge is -2.11. The van der Waals surface area contributed by atoms with Gasteiger partial charge in [0, 0.05) is 17.2 Å². The maximum atomic E-state index is 12.5. The summed E-state index contributed by atoms with van der Waals surface area (Å²) in [6.45, 7) is 8.23. The molecule has 5 heteroatoms. The Morgan fingerprint density at radius 3 is 2.58 bits per heavy atom. The van der Waals surface area contributed by atoms with Crippen LogP contribution < -0.4 is 5.69 Å². The molecule has 0 spiro atoms. The smallest absolute Gasteiger partial charge is 0.245 e. The standard InChI is InChI=1S/C14H20N4O/c1-5-11-9(4)13-16-18(10-6-7-10)14(19)17(13)12(15-11)8(2)3/h8,10H,5-7H2,1-4H3. The predicted molar refractivity (Wildman–Crippen MR) is 73.7 cm³/mol. The molecule has 0 bridgehead atoms. The molecule has 2 aromatic rings. The molecule has 0 atom stereocenters. The van der Waals surface area contributed by atoms with Gasteiger partial charge in [-0.3, -0.25) is 0 Å². The molecule has 0 amide bonds. The van der Waals surface area contributed by atoms with E-state index in [1.807, 2.05) is 6.92 Å². The monoisotopic (exact) mass is 260 g/mol. The zero-order valence-electron chi connectivity index (χ0n) is 12.0. The Kier molecular flexibility index (Phi) is 2.73. The van der Waals surface area contributed by atoms with E-state index in [2.05, 4.69) is 30.9 Å². The lowest BCUT2D eigenvalue weighted by atomic mass is 10.1. The van der Waals surface area contributed by atoms with E-state index < -0.39 is 0 Å². The van der Waals surface area contributed by atoms with Gasteiger partial charge in [-0.25, -0.2) is 18.9 Å². The van der Waals surface area contributed by atoms with Gasteiger partial charge < -0.3 is 0 Å². The summed E-state index contributed by atoms with van der Waals surface area (Å²) in [5.74, 6) is 1.04. The first kappa shape index (κ1) is 12.4. The molecule has 0 saturated heterocycles. The topological polar surface area (TPSA) is 52.2 Å². The minimum Gasteiger partial charge on any atom is -0.245 e. The largest absolute Gasteiger partial charge is 0.352 e. The maximum absolute atomic E-state index is 12.5. The highest BCUT2D eigenvalue weighted by Gasteiger charge is 2.29. The predicted octanol–water partition coefficient (Wildman–Crippen LogP) is 2.22. The maximum Gasteiger partial charge on any atom is 0.352 e. The van der Waals surface area contributed by atoms with Crippen molar-refractivity contribution in [1.29, 1.82) is 0 Å². The molecule has 3 rings (SSSR count). The van der Waals surface area contributed by atoms with Crippen LogP contribution in [0, 0.1) is 6.92 Å². The number of hydrogen-bond acceptors (Lipinski definition) is 3. The van der Waals surface area contributed by atoms with Crippen LogP contribution in [-0.2, 0) is 6.42 Å². The molecule has 0 aromatic carbocycles. The summed E-state index contributed by atoms with van der Waals surface area (Å²) in [4.78, 5) is 17.2. The van der Waals surface area contributed by atoms with Gasteiger partial charge in [0.2, 0.25) is 0 Å². The van der Waals surface area contributed by atoms with Gasteiger partial charge in [-0.05, 0) is 26.2 Å². The first-order valence-corrected chi connectivity index (χ1v) is 7.05. The van der Waals surface area contributed by atoms with Crippen molar-refractivity contribution < 1.29 is 0 Å². The Balaban J connectivity index is 2.39. The summed E-state index contributed by atoms with van der Waals surface area (Å²) in [5, 5.41) is 4.55. The van der Waals surface area contributed by atoms with Crippen LogP contribution in [0.25, 0.3) is 5.65 Å². The number of rotatable bonds is 3. The van der Waals surface area contributed by atoms with Crippen LogP contribution in [-0.4, -0.2) is 19.2 Å². The molecule has 1 fully saturated rings. The lowest BCUT2D eigenvalue weighted by molar-refractivity contribution is 0.609. The van der Waals surface area contributed by atoms with E-state index in [1.54, 1.807) is 9.08 Å². The van der Waals surface area contributed by atoms with Crippen molar-refractivity contribution in [1.82, 2.24) is 19.2 Å². The van der Waals surface area contributed by atoms with Crippen molar-refractivity contribution in [2.24, 2.45) is 0 Å². The second-order valence-corrected chi connectivity index (χ2v) is 5.67. The summed E-state index contributed by atoms with van der Waals surface area (Å²) < 4.78 is 3.35. The number of hydrogen-bond donors (Lipinski definition) is 0. The fourth-order valence-corrected chi connectivity index (χ4v) is 2.52. The van der Waals surface area contributed by atoms with E-state index in [-0.39, 0.29) is 11.6 Å². The van der Waals surface area contributed by atoms with Crippen molar-refractivity contribution in [2.75, 3.05) is 0 Å². The third-order valence-electron chi connectivity index (χ3n) is 3.79. The molecule has 0 unspecified atom stereocenters. The highest BCUT2D eigenvalue weighted by Crippen LogP contribution is 2.33. The summed E-state index contributed by atoms with van der Waals surface area (Å²) in [5.41, 5.74) is 2.83. The fraction of sp³-hybridized carbons (Fsp3) is 0.643. The quantitative estimate of drug-likeness (QED) is 0.850. The zero-order chi connectivity index (χ0) is 13.7. The molecule has 1 aliphatic rings. The molecular weight excluding hydrogens is 240 g/mol. The van der Waals surface area contributed by atoms with E-state index in [4.69, 9.17) is 0 Å². The Hall–Kier alpha value is -1.65. The molecule has 1 saturated carbocycles. The van der Waals surface area contributed by atoms with Crippen LogP contribution in [0.2, 0.25) is 0 Å². The molecule has 5 nitrogen and oxygen atoms in total. The first-order chi connectivity index (χ1) is 9.04. The third-order valence-corrected chi connectivity index (χ3v) is 3.79. The molecule has 0 aliphatic heterocycles. The molecule has 2 heterocycles. The van der Waals surface area contributed by atoms with Crippen LogP contribution in [0.4, 0.5) is 0 Å². The molecule has 1 aliphatic carbocycles. The number of aryl methyl sites for hydroxylation is 2. The minimum absolute atomic E-state index is 0.0283. The molecule has 102 valence electrons. The van der Waals surface area contributed by atoms with Crippen molar-refractivity contribution >= 4 is 5.65 Å². The highest BCUT2D eigenvalue weighted by atomic mass is 16.2. The van der Waals surface area contributed by atoms with Gasteiger partial charge in [-0.1, -0.05) is 20.8 Å². The number of fused-ring (bicyclic) bond motifs is 1. The normalized spacial score (nSPS) is 15.6. The van der Waals surface area contributed by atoms with Crippen molar-refractivity contribution in [3.8, 4) is 0 Å². The Morgan fingerprint density at radius 2 is 2.05 bits per heavy atom. The molecule has 0 radical (unpaired) electrons. The number of aromatic nitrogens is 4. The van der Waals surface area contributed by atoms with Gasteiger partial charge in [0.1, 0.15) is 5.82 Å². The molecule has 2 aromatic heterocycles. The van der Waals surface area contributed by atoms with E-state index in [0.29, 0.717) is 6.04 Å². The SMILES string of the molecule is CCc1nc(C(C)C)n2c(=O)n(C3CC3)nc2c1C. The Labute approximate surface area is 112 Å². The molecular formula is C14H20N4O. The second-order valence-electron chi connectivity index (χ2n) is 5.67. The van der Waals surface area contributed by atoms with Crippen LogP contribution in [0.3, 0.4) is 0 Å². The van der Waals surface area contributed by atoms with Gasteiger partial charge in [-0.15, -0.1) is 5.10 Å². The van der Waals surface area contributed by atoms with E-state index in [0.717, 1.165) is 42.0 Å². The van der Waals surface area contributed by atoms with Crippen LogP contribution in [0.5, 0.6) is 0 Å². The summed E-state index contributed by atoms with van der Waals surface area (Å²) in [6.07, 6.45) is 2.99. The van der Waals surface area contributed by atoms with Gasteiger partial charge in [0.25, 0.3) is 0 Å². The Morgan fingerprint density at radius 1 is 1.37 bits per heavy atom. The minimum atomic E-state index is -0.0283. The van der Waals surface area contributed by atoms with Crippen LogP contribution in [0.15, 0.2) is 4.79 Å². The van der Waals surface area contributed by atoms with Crippen molar-refractivity contribution in [3.63, 3.8) is 0 Å². The zero-order valence-corrected chi connectivity index (χ0v) is 12.0. The van der Waals surface area contributed by atoms with E-state index in [9.17, 15) is 4.79 Å². The van der Waals surface area contributed by atoms with E-state index in [1.165, 1.54) is 0 Å². The average Bonchev–Trinajstić information content (AvgIpc) is 3.15. The highest BCUT2D eigenvalue weighted by molar-refractivity contribution is 5.49. The van der Waals surface area contributed by atoms with Gasteiger partial charge >= 0.3 is 5.69 Å². The van der Waals surface area contributed by atoms with Crippen LogP contribution >= 0.6 is 0 Å².